The average Bonchev–Trinajstić information content (AvgIpc) is 2.59. The van der Waals surface area contributed by atoms with Crippen LogP contribution in [-0.4, -0.2) is 31.3 Å². The van der Waals surface area contributed by atoms with E-state index in [9.17, 15) is 8.78 Å². The maximum Gasteiger partial charge on any atom is 0.215 e. The highest BCUT2D eigenvalue weighted by atomic mass is 19.1. The number of rotatable bonds is 4. The molecule has 0 spiro atoms. The summed E-state index contributed by atoms with van der Waals surface area (Å²) in [7, 11) is 1.56. The van der Waals surface area contributed by atoms with Crippen molar-refractivity contribution < 1.29 is 18.3 Å². The molecule has 2 heterocycles. The van der Waals surface area contributed by atoms with E-state index in [1.807, 2.05) is 0 Å². The van der Waals surface area contributed by atoms with Crippen molar-refractivity contribution in [2.24, 2.45) is 0 Å². The van der Waals surface area contributed by atoms with Crippen molar-refractivity contribution in [3.63, 3.8) is 0 Å². The molecule has 1 aromatic heterocycles. The molecule has 0 atom stereocenters. The van der Waals surface area contributed by atoms with Gasteiger partial charge in [-0.1, -0.05) is 0 Å². The van der Waals surface area contributed by atoms with E-state index < -0.39 is 11.6 Å². The van der Waals surface area contributed by atoms with E-state index in [2.05, 4.69) is 9.88 Å². The molecule has 1 fully saturated rings. The molecular formula is C17H19F2N3O2. The Bertz CT molecular complexity index is 719. The highest BCUT2D eigenvalue weighted by molar-refractivity contribution is 5.67. The molecule has 1 saturated heterocycles. The second kappa shape index (κ2) is 6.90. The number of halogens is 2. The van der Waals surface area contributed by atoms with Gasteiger partial charge < -0.3 is 20.1 Å². The second-order valence-corrected chi connectivity index (χ2v) is 5.66. The van der Waals surface area contributed by atoms with E-state index in [-0.39, 0.29) is 11.9 Å². The molecule has 1 aliphatic heterocycles. The number of methoxy groups -OCH3 is 1. The maximum atomic E-state index is 13.7. The van der Waals surface area contributed by atoms with Crippen LogP contribution in [0, 0.1) is 11.6 Å². The lowest BCUT2D eigenvalue weighted by atomic mass is 10.1. The molecular weight excluding hydrogens is 316 g/mol. The van der Waals surface area contributed by atoms with Gasteiger partial charge in [-0.05, 0) is 12.1 Å². The normalized spacial score (nSPS) is 15.4. The largest absolute Gasteiger partial charge is 0.487 e. The summed E-state index contributed by atoms with van der Waals surface area (Å²) in [6, 6.07) is 5.14. The molecule has 0 saturated carbocycles. The number of ether oxygens (including phenoxy) is 2. The zero-order valence-electron chi connectivity index (χ0n) is 13.3. The molecule has 24 heavy (non-hydrogen) atoms. The van der Waals surface area contributed by atoms with Gasteiger partial charge in [-0.3, -0.25) is 0 Å². The number of nitrogens with zero attached hydrogens (tertiary/aromatic N) is 2. The predicted molar refractivity (Wildman–Crippen MR) is 87.4 cm³/mol. The van der Waals surface area contributed by atoms with Gasteiger partial charge in [0.25, 0.3) is 0 Å². The Kier molecular flexibility index (Phi) is 4.69. The number of nitrogen functional groups attached to an aromatic ring is 1. The van der Waals surface area contributed by atoms with Crippen molar-refractivity contribution in [2.75, 3.05) is 30.8 Å². The first-order valence-corrected chi connectivity index (χ1v) is 7.73. The van der Waals surface area contributed by atoms with E-state index in [1.165, 1.54) is 12.1 Å². The topological polar surface area (TPSA) is 60.6 Å². The van der Waals surface area contributed by atoms with E-state index in [0.29, 0.717) is 37.5 Å². The zero-order chi connectivity index (χ0) is 17.1. The van der Waals surface area contributed by atoms with Crippen LogP contribution < -0.4 is 20.1 Å². The fourth-order valence-corrected chi connectivity index (χ4v) is 2.79. The van der Waals surface area contributed by atoms with Gasteiger partial charge in [-0.25, -0.2) is 13.8 Å². The molecule has 0 radical (unpaired) electrons. The number of piperidine rings is 1. The quantitative estimate of drug-likeness (QED) is 0.931. The van der Waals surface area contributed by atoms with Crippen molar-refractivity contribution >= 4 is 11.4 Å². The summed E-state index contributed by atoms with van der Waals surface area (Å²) in [6.07, 6.45) is 2.87. The number of hydrogen-bond donors (Lipinski definition) is 1. The molecule has 0 aliphatic carbocycles. The van der Waals surface area contributed by atoms with E-state index in [0.717, 1.165) is 11.8 Å². The molecule has 1 aromatic carbocycles. The number of aromatic nitrogens is 1. The van der Waals surface area contributed by atoms with Crippen LogP contribution in [0.5, 0.6) is 11.6 Å². The van der Waals surface area contributed by atoms with Gasteiger partial charge in [-0.15, -0.1) is 0 Å². The fourth-order valence-electron chi connectivity index (χ4n) is 2.79. The van der Waals surface area contributed by atoms with Gasteiger partial charge in [0.05, 0.1) is 24.7 Å². The van der Waals surface area contributed by atoms with Crippen molar-refractivity contribution in [3.05, 3.63) is 42.1 Å². The third-order valence-electron chi connectivity index (χ3n) is 4.07. The van der Waals surface area contributed by atoms with Crippen LogP contribution in [-0.2, 0) is 0 Å². The molecule has 2 N–H and O–H groups in total. The maximum absolute atomic E-state index is 13.7. The Morgan fingerprint density at radius 3 is 2.62 bits per heavy atom. The predicted octanol–water partition coefficient (Wildman–Crippen LogP) is 3.00. The zero-order valence-corrected chi connectivity index (χ0v) is 13.3. The first kappa shape index (κ1) is 16.3. The third kappa shape index (κ3) is 3.50. The fraction of sp³-hybridized carbons (Fsp3) is 0.353. The summed E-state index contributed by atoms with van der Waals surface area (Å²) in [4.78, 5) is 6.19. The van der Waals surface area contributed by atoms with Gasteiger partial charge in [-0.2, -0.15) is 0 Å². The molecule has 128 valence electrons. The monoisotopic (exact) mass is 335 g/mol. The Morgan fingerprint density at radius 1 is 1.21 bits per heavy atom. The van der Waals surface area contributed by atoms with E-state index in [4.69, 9.17) is 15.2 Å². The minimum Gasteiger partial charge on any atom is -0.487 e. The summed E-state index contributed by atoms with van der Waals surface area (Å²) in [5.74, 6) is -0.705. The highest BCUT2D eigenvalue weighted by Gasteiger charge is 2.23. The highest BCUT2D eigenvalue weighted by Crippen LogP contribution is 2.30. The SMILES string of the molecule is COc1cc(N2CCC(Oc3ccc(F)cc3F)CC2)c(N)cn1. The third-order valence-corrected chi connectivity index (χ3v) is 4.07. The lowest BCUT2D eigenvalue weighted by Gasteiger charge is -2.34. The van der Waals surface area contributed by atoms with E-state index >= 15 is 0 Å². The lowest BCUT2D eigenvalue weighted by Crippen LogP contribution is -2.38. The summed E-state index contributed by atoms with van der Waals surface area (Å²) in [5.41, 5.74) is 7.44. The first-order chi connectivity index (χ1) is 11.6. The Hall–Kier alpha value is -2.57. The molecule has 0 amide bonds. The second-order valence-electron chi connectivity index (χ2n) is 5.66. The van der Waals surface area contributed by atoms with Gasteiger partial charge in [0.2, 0.25) is 5.88 Å². The van der Waals surface area contributed by atoms with Gasteiger partial charge in [0, 0.05) is 38.1 Å². The molecule has 0 bridgehead atoms. The number of benzene rings is 1. The van der Waals surface area contributed by atoms with Crippen molar-refractivity contribution in [1.82, 2.24) is 4.98 Å². The number of hydrogen-bond acceptors (Lipinski definition) is 5. The lowest BCUT2D eigenvalue weighted by molar-refractivity contribution is 0.163. The molecule has 5 nitrogen and oxygen atoms in total. The van der Waals surface area contributed by atoms with Crippen LogP contribution in [0.25, 0.3) is 0 Å². The smallest absolute Gasteiger partial charge is 0.215 e. The van der Waals surface area contributed by atoms with E-state index in [1.54, 1.807) is 19.4 Å². The summed E-state index contributed by atoms with van der Waals surface area (Å²) < 4.78 is 37.4. The number of anilines is 2. The van der Waals surface area contributed by atoms with Crippen LogP contribution >= 0.6 is 0 Å². The van der Waals surface area contributed by atoms with Crippen LogP contribution in [0.3, 0.4) is 0 Å². The molecule has 3 rings (SSSR count). The van der Waals surface area contributed by atoms with Gasteiger partial charge in [0.15, 0.2) is 11.6 Å². The number of nitrogens with two attached hydrogens (primary N) is 1. The Balaban J connectivity index is 1.63. The van der Waals surface area contributed by atoms with Crippen LogP contribution in [0.4, 0.5) is 20.2 Å². The average molecular weight is 335 g/mol. The summed E-state index contributed by atoms with van der Waals surface area (Å²) in [6.45, 7) is 1.43. The van der Waals surface area contributed by atoms with Crippen LogP contribution in [0.2, 0.25) is 0 Å². The molecule has 1 aliphatic rings. The molecule has 7 heteroatoms. The van der Waals surface area contributed by atoms with Crippen LogP contribution in [0.1, 0.15) is 12.8 Å². The number of pyridine rings is 1. The summed E-state index contributed by atoms with van der Waals surface area (Å²) in [5, 5.41) is 0. The molecule has 0 unspecified atom stereocenters. The minimum atomic E-state index is -0.680. The van der Waals surface area contributed by atoms with Gasteiger partial charge in [0.1, 0.15) is 11.9 Å². The molecule has 2 aromatic rings. The first-order valence-electron chi connectivity index (χ1n) is 7.73. The summed E-state index contributed by atoms with van der Waals surface area (Å²) >= 11 is 0. The van der Waals surface area contributed by atoms with Gasteiger partial charge >= 0.3 is 0 Å². The van der Waals surface area contributed by atoms with Crippen molar-refractivity contribution in [1.29, 1.82) is 0 Å². The Labute approximate surface area is 139 Å². The standard InChI is InChI=1S/C17H19F2N3O2/c1-23-17-9-15(14(20)10-21-17)22-6-4-12(5-7-22)24-16-3-2-11(18)8-13(16)19/h2-3,8-10,12H,4-7,20H2,1H3. The van der Waals surface area contributed by atoms with Crippen LogP contribution in [0.15, 0.2) is 30.5 Å². The van der Waals surface area contributed by atoms with Crippen molar-refractivity contribution in [3.8, 4) is 11.6 Å². The Morgan fingerprint density at radius 2 is 1.96 bits per heavy atom. The minimum absolute atomic E-state index is 0.0833. The van der Waals surface area contributed by atoms with Crippen molar-refractivity contribution in [2.45, 2.75) is 18.9 Å².